The van der Waals surface area contributed by atoms with Gasteiger partial charge in [0.1, 0.15) is 5.82 Å². The van der Waals surface area contributed by atoms with Crippen LogP contribution in [0.1, 0.15) is 41.5 Å². The highest BCUT2D eigenvalue weighted by molar-refractivity contribution is 5.97. The number of carbonyl (C=O) groups excluding carboxylic acids is 1. The number of rotatable bonds is 4. The van der Waals surface area contributed by atoms with E-state index in [1.165, 1.54) is 5.56 Å². The summed E-state index contributed by atoms with van der Waals surface area (Å²) in [6.45, 7) is 4.29. The Kier molecular flexibility index (Phi) is 3.60. The summed E-state index contributed by atoms with van der Waals surface area (Å²) in [5.41, 5.74) is 2.01. The summed E-state index contributed by atoms with van der Waals surface area (Å²) in [5, 5.41) is 0. The number of hydrogen-bond acceptors (Lipinski definition) is 2. The van der Waals surface area contributed by atoms with Crippen molar-refractivity contribution in [1.82, 2.24) is 9.55 Å². The molecule has 0 saturated carbocycles. The molecule has 3 heteroatoms. The molecular formula is C15H18N2O. The molecule has 0 N–H and O–H groups in total. The Hall–Kier alpha value is -1.90. The Balaban J connectivity index is 2.12. The maximum atomic E-state index is 12.1. The molecule has 1 aromatic carbocycles. The topological polar surface area (TPSA) is 34.9 Å². The molecule has 0 radical (unpaired) electrons. The van der Waals surface area contributed by atoms with E-state index in [-0.39, 0.29) is 5.78 Å². The summed E-state index contributed by atoms with van der Waals surface area (Å²) in [4.78, 5) is 16.3. The molecular weight excluding hydrogens is 224 g/mol. The molecule has 0 fully saturated rings. The highest BCUT2D eigenvalue weighted by Crippen LogP contribution is 2.15. The summed E-state index contributed by atoms with van der Waals surface area (Å²) < 4.78 is 1.88. The maximum Gasteiger partial charge on any atom is 0.170 e. The number of nitrogens with zero attached hydrogens (tertiary/aromatic N) is 2. The third-order valence-electron chi connectivity index (χ3n) is 3.14. The van der Waals surface area contributed by atoms with Crippen LogP contribution >= 0.6 is 0 Å². The van der Waals surface area contributed by atoms with Crippen molar-refractivity contribution in [1.29, 1.82) is 0 Å². The molecule has 0 amide bonds. The number of ketones is 1. The molecule has 0 atom stereocenters. The molecule has 1 aromatic heterocycles. The molecule has 18 heavy (non-hydrogen) atoms. The van der Waals surface area contributed by atoms with Crippen molar-refractivity contribution < 1.29 is 4.79 Å². The molecule has 3 nitrogen and oxygen atoms in total. The summed E-state index contributed by atoms with van der Waals surface area (Å²) in [7, 11) is 1.90. The second-order valence-corrected chi connectivity index (χ2v) is 4.83. The van der Waals surface area contributed by atoms with Crippen LogP contribution in [0, 0.1) is 0 Å². The molecule has 2 aromatic rings. The van der Waals surface area contributed by atoms with Gasteiger partial charge >= 0.3 is 0 Å². The van der Waals surface area contributed by atoms with Gasteiger partial charge in [-0.3, -0.25) is 4.79 Å². The Morgan fingerprint density at radius 2 is 1.94 bits per heavy atom. The van der Waals surface area contributed by atoms with Crippen LogP contribution in [0.4, 0.5) is 0 Å². The number of aromatic nitrogens is 2. The average molecular weight is 242 g/mol. The van der Waals surface area contributed by atoms with Gasteiger partial charge in [0.15, 0.2) is 5.78 Å². The van der Waals surface area contributed by atoms with Crippen molar-refractivity contribution in [2.75, 3.05) is 0 Å². The molecule has 1 heterocycles. The fraction of sp³-hybridized carbons (Fsp3) is 0.333. The number of imidazole rings is 1. The third-order valence-corrected chi connectivity index (χ3v) is 3.14. The van der Waals surface area contributed by atoms with Crippen molar-refractivity contribution in [3.05, 3.63) is 53.6 Å². The molecule has 0 bridgehead atoms. The van der Waals surface area contributed by atoms with Crippen molar-refractivity contribution in [2.45, 2.75) is 26.2 Å². The third kappa shape index (κ3) is 2.67. The largest absolute Gasteiger partial charge is 0.338 e. The number of aryl methyl sites for hydroxylation is 1. The lowest BCUT2D eigenvalue weighted by atomic mass is 10.00. The lowest BCUT2D eigenvalue weighted by Crippen LogP contribution is -2.08. The quantitative estimate of drug-likeness (QED) is 0.772. The lowest BCUT2D eigenvalue weighted by molar-refractivity contribution is 0.0990. The van der Waals surface area contributed by atoms with Crippen molar-refractivity contribution in [2.24, 2.45) is 7.05 Å². The van der Waals surface area contributed by atoms with Crippen molar-refractivity contribution in [3.8, 4) is 0 Å². The minimum atomic E-state index is 0.111. The standard InChI is InChI=1S/C15H18N2O/c1-11(2)12-4-6-13(7-5-12)14(18)10-15-16-8-9-17(15)3/h4-9,11H,10H2,1-3H3. The normalized spacial score (nSPS) is 10.9. The van der Waals surface area contributed by atoms with E-state index in [2.05, 4.69) is 18.8 Å². The van der Waals surface area contributed by atoms with Gasteiger partial charge < -0.3 is 4.57 Å². The van der Waals surface area contributed by atoms with E-state index in [9.17, 15) is 4.79 Å². The van der Waals surface area contributed by atoms with E-state index in [1.807, 2.05) is 42.1 Å². The fourth-order valence-electron chi connectivity index (χ4n) is 1.87. The van der Waals surface area contributed by atoms with Gasteiger partial charge in [-0.05, 0) is 11.5 Å². The predicted octanol–water partition coefficient (Wildman–Crippen LogP) is 2.97. The molecule has 0 aliphatic carbocycles. The van der Waals surface area contributed by atoms with Gasteiger partial charge in [-0.1, -0.05) is 38.1 Å². The van der Waals surface area contributed by atoms with Gasteiger partial charge in [0.25, 0.3) is 0 Å². The zero-order valence-electron chi connectivity index (χ0n) is 11.1. The number of hydrogen-bond donors (Lipinski definition) is 0. The second-order valence-electron chi connectivity index (χ2n) is 4.83. The van der Waals surface area contributed by atoms with Gasteiger partial charge in [-0.25, -0.2) is 4.98 Å². The molecule has 0 aliphatic rings. The number of Topliss-reactive ketones (excluding diaryl/α,β-unsaturated/α-hetero) is 1. The van der Waals surface area contributed by atoms with E-state index < -0.39 is 0 Å². The van der Waals surface area contributed by atoms with Gasteiger partial charge in [0.05, 0.1) is 6.42 Å². The predicted molar refractivity (Wildman–Crippen MR) is 71.8 cm³/mol. The fourth-order valence-corrected chi connectivity index (χ4v) is 1.87. The van der Waals surface area contributed by atoms with Crippen LogP contribution in [0.25, 0.3) is 0 Å². The Morgan fingerprint density at radius 3 is 2.44 bits per heavy atom. The monoisotopic (exact) mass is 242 g/mol. The van der Waals surface area contributed by atoms with Crippen molar-refractivity contribution >= 4 is 5.78 Å². The smallest absolute Gasteiger partial charge is 0.170 e. The first kappa shape index (κ1) is 12.6. The van der Waals surface area contributed by atoms with Crippen LogP contribution in [-0.4, -0.2) is 15.3 Å². The molecule has 0 aliphatic heterocycles. The van der Waals surface area contributed by atoms with Crippen LogP contribution in [0.5, 0.6) is 0 Å². The summed E-state index contributed by atoms with van der Waals surface area (Å²) >= 11 is 0. The highest BCUT2D eigenvalue weighted by atomic mass is 16.1. The molecule has 0 spiro atoms. The van der Waals surface area contributed by atoms with Gasteiger partial charge in [0.2, 0.25) is 0 Å². The van der Waals surface area contributed by atoms with Crippen molar-refractivity contribution in [3.63, 3.8) is 0 Å². The number of benzene rings is 1. The van der Waals surface area contributed by atoms with E-state index >= 15 is 0 Å². The number of carbonyl (C=O) groups is 1. The summed E-state index contributed by atoms with van der Waals surface area (Å²) in [5.74, 6) is 1.40. The summed E-state index contributed by atoms with van der Waals surface area (Å²) in [6, 6.07) is 7.86. The minimum Gasteiger partial charge on any atom is -0.338 e. The summed E-state index contributed by atoms with van der Waals surface area (Å²) in [6.07, 6.45) is 3.92. The van der Waals surface area contributed by atoms with Gasteiger partial charge in [-0.15, -0.1) is 0 Å². The first-order valence-electron chi connectivity index (χ1n) is 6.17. The Bertz CT molecular complexity index is 538. The zero-order valence-corrected chi connectivity index (χ0v) is 11.1. The first-order chi connectivity index (χ1) is 8.58. The Morgan fingerprint density at radius 1 is 1.28 bits per heavy atom. The highest BCUT2D eigenvalue weighted by Gasteiger charge is 2.10. The van der Waals surface area contributed by atoms with E-state index in [0.717, 1.165) is 11.4 Å². The van der Waals surface area contributed by atoms with Gasteiger partial charge in [-0.2, -0.15) is 0 Å². The van der Waals surface area contributed by atoms with Crippen LogP contribution < -0.4 is 0 Å². The second kappa shape index (κ2) is 5.17. The van der Waals surface area contributed by atoms with Crippen LogP contribution in [0.15, 0.2) is 36.7 Å². The van der Waals surface area contributed by atoms with Crippen LogP contribution in [0.3, 0.4) is 0 Å². The van der Waals surface area contributed by atoms with Crippen LogP contribution in [0.2, 0.25) is 0 Å². The molecule has 0 saturated heterocycles. The molecule has 2 rings (SSSR count). The van der Waals surface area contributed by atoms with Crippen LogP contribution in [-0.2, 0) is 13.5 Å². The molecule has 0 unspecified atom stereocenters. The minimum absolute atomic E-state index is 0.111. The Labute approximate surface area is 107 Å². The van der Waals surface area contributed by atoms with E-state index in [4.69, 9.17) is 0 Å². The average Bonchev–Trinajstić information content (AvgIpc) is 2.75. The van der Waals surface area contributed by atoms with E-state index in [0.29, 0.717) is 12.3 Å². The van der Waals surface area contributed by atoms with E-state index in [1.54, 1.807) is 6.20 Å². The lowest BCUT2D eigenvalue weighted by Gasteiger charge is -2.06. The SMILES string of the molecule is CC(C)c1ccc(C(=O)Cc2nccn2C)cc1. The molecule has 94 valence electrons. The van der Waals surface area contributed by atoms with Gasteiger partial charge in [0, 0.05) is 25.0 Å². The first-order valence-corrected chi connectivity index (χ1v) is 6.17. The zero-order chi connectivity index (χ0) is 13.1. The maximum absolute atomic E-state index is 12.1.